The molecule has 0 amide bonds. The van der Waals surface area contributed by atoms with Crippen LogP contribution in [0.2, 0.25) is 0 Å². The number of aryl methyl sites for hydroxylation is 2. The van der Waals surface area contributed by atoms with Gasteiger partial charge in [0.15, 0.2) is 5.78 Å². The van der Waals surface area contributed by atoms with Crippen LogP contribution in [0.15, 0.2) is 28.7 Å². The smallest absolute Gasteiger partial charge is 0.201 e. The molecule has 0 fully saturated rings. The summed E-state index contributed by atoms with van der Waals surface area (Å²) < 4.78 is 0.275. The monoisotopic (exact) mass is 468 g/mol. The van der Waals surface area contributed by atoms with E-state index in [9.17, 15) is 14.7 Å². The van der Waals surface area contributed by atoms with E-state index in [1.807, 2.05) is 73.6 Å². The second-order valence-electron chi connectivity index (χ2n) is 10.3. The lowest BCUT2D eigenvalue weighted by atomic mass is 9.76. The molecule has 0 aliphatic heterocycles. The summed E-state index contributed by atoms with van der Waals surface area (Å²) in [7, 11) is 0. The molecule has 0 saturated heterocycles. The van der Waals surface area contributed by atoms with Gasteiger partial charge < -0.3 is 5.11 Å². The predicted molar refractivity (Wildman–Crippen MR) is 126 cm³/mol. The number of ketones is 2. The summed E-state index contributed by atoms with van der Waals surface area (Å²) in [6, 6.07) is 7.41. The van der Waals surface area contributed by atoms with Crippen LogP contribution in [0.5, 0.6) is 5.75 Å². The minimum Gasteiger partial charge on any atom is -0.507 e. The zero-order valence-corrected chi connectivity index (χ0v) is 20.5. The fraction of sp³-hybridized carbons (Fsp3) is 0.385. The molecule has 2 aromatic carbocycles. The Labute approximate surface area is 187 Å². The van der Waals surface area contributed by atoms with Crippen molar-refractivity contribution in [1.29, 1.82) is 0 Å². The molecule has 0 aromatic heterocycles. The first-order valence-electron chi connectivity index (χ1n) is 10.1. The number of hydrogen-bond donors (Lipinski definition) is 1. The van der Waals surface area contributed by atoms with Crippen LogP contribution in [-0.2, 0) is 10.8 Å². The SMILES string of the molecule is Cc1cc(C)c2c(c1)C(=O)C(c1cc(C(C)(C)C)c(O)c(C(C)(C)C)c1)=C(Br)C2=O. The van der Waals surface area contributed by atoms with Crippen LogP contribution in [0, 0.1) is 13.8 Å². The van der Waals surface area contributed by atoms with Crippen LogP contribution >= 0.6 is 15.9 Å². The van der Waals surface area contributed by atoms with Crippen molar-refractivity contribution in [2.45, 2.75) is 66.2 Å². The Bertz CT molecular complexity index is 1090. The molecule has 0 heterocycles. The molecule has 2 aromatic rings. The fourth-order valence-corrected chi connectivity index (χ4v) is 4.69. The van der Waals surface area contributed by atoms with E-state index in [1.165, 1.54) is 0 Å². The number of halogens is 1. The molecular formula is C26H29BrO3. The van der Waals surface area contributed by atoms with Gasteiger partial charge in [-0.1, -0.05) is 53.2 Å². The van der Waals surface area contributed by atoms with Crippen molar-refractivity contribution in [1.82, 2.24) is 0 Å². The second-order valence-corrected chi connectivity index (χ2v) is 11.1. The molecular weight excluding hydrogens is 440 g/mol. The van der Waals surface area contributed by atoms with Crippen LogP contribution < -0.4 is 0 Å². The number of phenolic OH excluding ortho intramolecular Hbond substituents is 1. The van der Waals surface area contributed by atoms with Crippen molar-refractivity contribution >= 4 is 33.1 Å². The van der Waals surface area contributed by atoms with Gasteiger partial charge in [-0.2, -0.15) is 0 Å². The highest BCUT2D eigenvalue weighted by Crippen LogP contribution is 2.44. The van der Waals surface area contributed by atoms with Gasteiger partial charge in [-0.05, 0) is 69.9 Å². The predicted octanol–water partition coefficient (Wildman–Crippen LogP) is 6.79. The summed E-state index contributed by atoms with van der Waals surface area (Å²) in [5.41, 5.74) is 4.50. The Morgan fingerprint density at radius 2 is 1.30 bits per heavy atom. The van der Waals surface area contributed by atoms with Gasteiger partial charge >= 0.3 is 0 Å². The number of benzene rings is 2. The highest BCUT2D eigenvalue weighted by atomic mass is 79.9. The molecule has 0 unspecified atom stereocenters. The summed E-state index contributed by atoms with van der Waals surface area (Å²) in [5, 5.41) is 11.0. The van der Waals surface area contributed by atoms with Crippen molar-refractivity contribution < 1.29 is 14.7 Å². The normalized spacial score (nSPS) is 15.0. The number of fused-ring (bicyclic) bond motifs is 1. The van der Waals surface area contributed by atoms with E-state index < -0.39 is 0 Å². The van der Waals surface area contributed by atoms with Crippen LogP contribution in [0.1, 0.15) is 90.1 Å². The van der Waals surface area contributed by atoms with Gasteiger partial charge in [0.05, 0.1) is 4.48 Å². The summed E-state index contributed by atoms with van der Waals surface area (Å²) in [4.78, 5) is 26.8. The van der Waals surface area contributed by atoms with Crippen LogP contribution in [0.25, 0.3) is 5.57 Å². The second kappa shape index (κ2) is 7.19. The minimum atomic E-state index is -0.333. The molecule has 0 radical (unpaired) electrons. The number of aromatic hydroxyl groups is 1. The lowest BCUT2D eigenvalue weighted by molar-refractivity contribution is 0.0998. The fourth-order valence-electron chi connectivity index (χ4n) is 4.09. The standard InChI is InChI=1S/C26H29BrO3/c1-13-9-14(2)19-16(10-13)22(28)20(21(27)24(19)30)15-11-17(25(3,4)5)23(29)18(12-15)26(6,7)8/h9-12,29H,1-8H3. The van der Waals surface area contributed by atoms with E-state index >= 15 is 0 Å². The molecule has 158 valence electrons. The van der Waals surface area contributed by atoms with Crippen LogP contribution in [-0.4, -0.2) is 16.7 Å². The van der Waals surface area contributed by atoms with E-state index in [-0.39, 0.29) is 32.6 Å². The van der Waals surface area contributed by atoms with Gasteiger partial charge in [-0.25, -0.2) is 0 Å². The summed E-state index contributed by atoms with van der Waals surface area (Å²) in [6.45, 7) is 15.9. The first-order valence-corrected chi connectivity index (χ1v) is 10.9. The minimum absolute atomic E-state index is 0.173. The van der Waals surface area contributed by atoms with Crippen molar-refractivity contribution in [2.24, 2.45) is 0 Å². The van der Waals surface area contributed by atoms with Gasteiger partial charge in [0.1, 0.15) is 5.75 Å². The third-order valence-electron chi connectivity index (χ3n) is 5.61. The number of rotatable bonds is 1. The Morgan fingerprint density at radius 1 is 0.800 bits per heavy atom. The maximum absolute atomic E-state index is 13.6. The highest BCUT2D eigenvalue weighted by Gasteiger charge is 2.35. The van der Waals surface area contributed by atoms with E-state index in [4.69, 9.17) is 0 Å². The largest absolute Gasteiger partial charge is 0.507 e. The Kier molecular flexibility index (Phi) is 5.39. The number of allylic oxidation sites excluding steroid dienone is 2. The Hall–Kier alpha value is -2.20. The van der Waals surface area contributed by atoms with E-state index in [0.717, 1.165) is 22.3 Å². The number of carbonyl (C=O) groups is 2. The van der Waals surface area contributed by atoms with E-state index in [0.29, 0.717) is 22.3 Å². The van der Waals surface area contributed by atoms with Crippen molar-refractivity contribution in [2.75, 3.05) is 0 Å². The Balaban J connectivity index is 2.36. The maximum Gasteiger partial charge on any atom is 0.201 e. The lowest BCUT2D eigenvalue weighted by Crippen LogP contribution is -2.22. The molecule has 0 bridgehead atoms. The molecule has 1 aliphatic carbocycles. The molecule has 0 spiro atoms. The maximum atomic E-state index is 13.6. The quantitative estimate of drug-likeness (QED) is 0.500. The third kappa shape index (κ3) is 3.66. The Morgan fingerprint density at radius 3 is 1.77 bits per heavy atom. The molecule has 4 heteroatoms. The third-order valence-corrected chi connectivity index (χ3v) is 6.37. The lowest BCUT2D eigenvalue weighted by Gasteiger charge is -2.29. The zero-order valence-electron chi connectivity index (χ0n) is 19.0. The zero-order chi connectivity index (χ0) is 22.8. The number of Topliss-reactive ketones (excluding diaryl/α,β-unsaturated/α-hetero) is 2. The van der Waals surface area contributed by atoms with E-state index in [1.54, 1.807) is 6.07 Å². The van der Waals surface area contributed by atoms with Crippen molar-refractivity contribution in [3.63, 3.8) is 0 Å². The number of hydrogen-bond acceptors (Lipinski definition) is 3. The average Bonchev–Trinajstić information content (AvgIpc) is 2.58. The van der Waals surface area contributed by atoms with Gasteiger partial charge in [0.2, 0.25) is 5.78 Å². The van der Waals surface area contributed by atoms with Gasteiger partial charge in [0.25, 0.3) is 0 Å². The molecule has 0 atom stereocenters. The summed E-state index contributed by atoms with van der Waals surface area (Å²) >= 11 is 3.44. The average molecular weight is 469 g/mol. The topological polar surface area (TPSA) is 54.4 Å². The molecule has 0 saturated carbocycles. The van der Waals surface area contributed by atoms with Crippen molar-refractivity contribution in [3.8, 4) is 5.75 Å². The van der Waals surface area contributed by atoms with Crippen LogP contribution in [0.3, 0.4) is 0 Å². The van der Waals surface area contributed by atoms with Crippen LogP contribution in [0.4, 0.5) is 0 Å². The van der Waals surface area contributed by atoms with Crippen molar-refractivity contribution in [3.05, 3.63) is 67.7 Å². The number of phenols is 1. The van der Waals surface area contributed by atoms with Gasteiger partial charge in [0, 0.05) is 27.8 Å². The van der Waals surface area contributed by atoms with Gasteiger partial charge in [-0.15, -0.1) is 0 Å². The molecule has 30 heavy (non-hydrogen) atoms. The molecule has 1 N–H and O–H groups in total. The molecule has 3 nitrogen and oxygen atoms in total. The molecule has 3 rings (SSSR count). The summed E-state index contributed by atoms with van der Waals surface area (Å²) in [5.74, 6) is -0.106. The summed E-state index contributed by atoms with van der Waals surface area (Å²) in [6.07, 6.45) is 0. The first-order chi connectivity index (χ1) is 13.6. The number of carbonyl (C=O) groups excluding carboxylic acids is 2. The molecule has 1 aliphatic rings. The van der Waals surface area contributed by atoms with Gasteiger partial charge in [-0.3, -0.25) is 9.59 Å². The highest BCUT2D eigenvalue weighted by molar-refractivity contribution is 9.12. The first kappa shape index (κ1) is 22.5. The van der Waals surface area contributed by atoms with E-state index in [2.05, 4.69) is 15.9 Å².